The van der Waals surface area contributed by atoms with E-state index in [-0.39, 0.29) is 4.90 Å². The van der Waals surface area contributed by atoms with Crippen molar-refractivity contribution in [2.45, 2.75) is 44.0 Å². The molecule has 0 aromatic heterocycles. The van der Waals surface area contributed by atoms with Crippen LogP contribution in [0.3, 0.4) is 0 Å². The van der Waals surface area contributed by atoms with Gasteiger partial charge in [0.15, 0.2) is 0 Å². The fraction of sp³-hybridized carbons (Fsp3) is 0.600. The van der Waals surface area contributed by atoms with Crippen molar-refractivity contribution in [1.82, 2.24) is 5.32 Å². The van der Waals surface area contributed by atoms with Crippen LogP contribution < -0.4 is 10.5 Å². The summed E-state index contributed by atoms with van der Waals surface area (Å²) in [6.45, 7) is 5.45. The van der Waals surface area contributed by atoms with Gasteiger partial charge in [0.1, 0.15) is 0 Å². The first-order valence-corrected chi connectivity index (χ1v) is 8.77. The average molecular weight is 296 g/mol. The molecule has 1 aromatic carbocycles. The van der Waals surface area contributed by atoms with E-state index < -0.39 is 10.0 Å². The molecule has 1 aliphatic carbocycles. The van der Waals surface area contributed by atoms with Gasteiger partial charge in [-0.1, -0.05) is 26.0 Å². The van der Waals surface area contributed by atoms with Crippen molar-refractivity contribution >= 4 is 10.0 Å². The van der Waals surface area contributed by atoms with Gasteiger partial charge in [-0.25, -0.2) is 13.6 Å². The van der Waals surface area contributed by atoms with Crippen molar-refractivity contribution < 1.29 is 8.42 Å². The van der Waals surface area contributed by atoms with E-state index in [1.54, 1.807) is 12.1 Å². The van der Waals surface area contributed by atoms with Crippen molar-refractivity contribution in [2.75, 3.05) is 6.54 Å². The van der Waals surface area contributed by atoms with Crippen LogP contribution in [0.2, 0.25) is 0 Å². The number of hydrogen-bond acceptors (Lipinski definition) is 3. The normalized spacial score (nSPS) is 17.4. The van der Waals surface area contributed by atoms with Gasteiger partial charge < -0.3 is 5.32 Å². The van der Waals surface area contributed by atoms with Gasteiger partial charge in [-0.3, -0.25) is 0 Å². The molecule has 2 rings (SSSR count). The minimum absolute atomic E-state index is 0.173. The second-order valence-corrected chi connectivity index (χ2v) is 7.56. The van der Waals surface area contributed by atoms with Crippen molar-refractivity contribution in [2.24, 2.45) is 17.0 Å². The van der Waals surface area contributed by atoms with Crippen molar-refractivity contribution in [3.05, 3.63) is 29.8 Å². The van der Waals surface area contributed by atoms with Gasteiger partial charge in [-0.05, 0) is 55.3 Å². The Kier molecular flexibility index (Phi) is 4.83. The Balaban J connectivity index is 1.85. The predicted molar refractivity (Wildman–Crippen MR) is 80.9 cm³/mol. The molecule has 5 heteroatoms. The van der Waals surface area contributed by atoms with Crippen LogP contribution >= 0.6 is 0 Å². The Morgan fingerprint density at radius 2 is 1.85 bits per heavy atom. The van der Waals surface area contributed by atoms with Gasteiger partial charge in [-0.2, -0.15) is 0 Å². The van der Waals surface area contributed by atoms with Crippen LogP contribution in [0.25, 0.3) is 0 Å². The van der Waals surface area contributed by atoms with Crippen LogP contribution in [0.15, 0.2) is 29.2 Å². The molecule has 0 heterocycles. The van der Waals surface area contributed by atoms with Crippen LogP contribution in [-0.2, 0) is 16.4 Å². The largest absolute Gasteiger partial charge is 0.313 e. The second kappa shape index (κ2) is 6.24. The molecule has 0 radical (unpaired) electrons. The number of nitrogens with two attached hydrogens (primary N) is 1. The quantitative estimate of drug-likeness (QED) is 0.807. The van der Waals surface area contributed by atoms with Crippen LogP contribution in [0.5, 0.6) is 0 Å². The van der Waals surface area contributed by atoms with Gasteiger partial charge in [-0.15, -0.1) is 0 Å². The number of benzene rings is 1. The van der Waals surface area contributed by atoms with Crippen LogP contribution in [0.4, 0.5) is 0 Å². The van der Waals surface area contributed by atoms with Gasteiger partial charge in [0, 0.05) is 6.04 Å². The summed E-state index contributed by atoms with van der Waals surface area (Å²) in [5.74, 6) is 1.51. The Morgan fingerprint density at radius 3 is 2.30 bits per heavy atom. The summed E-state index contributed by atoms with van der Waals surface area (Å²) in [5.41, 5.74) is 1.13. The van der Waals surface area contributed by atoms with Gasteiger partial charge in [0.2, 0.25) is 10.0 Å². The van der Waals surface area contributed by atoms with E-state index in [4.69, 9.17) is 5.14 Å². The maximum atomic E-state index is 11.2. The Labute approximate surface area is 121 Å². The molecule has 4 nitrogen and oxygen atoms in total. The molecule has 0 amide bonds. The van der Waals surface area contributed by atoms with E-state index in [1.807, 2.05) is 12.1 Å². The van der Waals surface area contributed by atoms with E-state index in [1.165, 1.54) is 12.8 Å². The maximum absolute atomic E-state index is 11.2. The Bertz CT molecular complexity index is 531. The van der Waals surface area contributed by atoms with Crippen LogP contribution in [0, 0.1) is 11.8 Å². The molecule has 0 bridgehead atoms. The monoisotopic (exact) mass is 296 g/mol. The van der Waals surface area contributed by atoms with E-state index in [9.17, 15) is 8.42 Å². The molecule has 0 saturated heterocycles. The summed E-state index contributed by atoms with van der Waals surface area (Å²) < 4.78 is 22.3. The second-order valence-electron chi connectivity index (χ2n) is 6.00. The topological polar surface area (TPSA) is 72.2 Å². The molecule has 1 aliphatic rings. The highest BCUT2D eigenvalue weighted by molar-refractivity contribution is 7.89. The molecule has 0 aliphatic heterocycles. The van der Waals surface area contributed by atoms with Crippen molar-refractivity contribution in [1.29, 1.82) is 0 Å². The molecule has 1 saturated carbocycles. The molecule has 3 N–H and O–H groups in total. The minimum Gasteiger partial charge on any atom is -0.313 e. The highest BCUT2D eigenvalue weighted by Gasteiger charge is 2.32. The molecule has 0 unspecified atom stereocenters. The lowest BCUT2D eigenvalue weighted by Crippen LogP contribution is -2.37. The lowest BCUT2D eigenvalue weighted by molar-refractivity contribution is 0.363. The lowest BCUT2D eigenvalue weighted by Gasteiger charge is -2.22. The molecular formula is C15H24N2O2S. The van der Waals surface area contributed by atoms with Gasteiger partial charge in [0.25, 0.3) is 0 Å². The summed E-state index contributed by atoms with van der Waals surface area (Å²) in [5, 5.41) is 8.71. The maximum Gasteiger partial charge on any atom is 0.238 e. The molecule has 1 fully saturated rings. The molecular weight excluding hydrogens is 272 g/mol. The van der Waals surface area contributed by atoms with E-state index in [0.29, 0.717) is 12.0 Å². The molecule has 112 valence electrons. The van der Waals surface area contributed by atoms with Crippen LogP contribution in [-0.4, -0.2) is 21.0 Å². The molecule has 20 heavy (non-hydrogen) atoms. The number of nitrogens with one attached hydrogen (secondary N) is 1. The molecule has 1 aromatic rings. The first kappa shape index (κ1) is 15.5. The third kappa shape index (κ3) is 4.30. The van der Waals surface area contributed by atoms with E-state index in [2.05, 4.69) is 19.2 Å². The number of sulfonamides is 1. The van der Waals surface area contributed by atoms with Gasteiger partial charge in [0.05, 0.1) is 4.90 Å². The van der Waals surface area contributed by atoms with Crippen LogP contribution in [0.1, 0.15) is 32.3 Å². The average Bonchev–Trinajstić information content (AvgIpc) is 3.18. The zero-order valence-corrected chi connectivity index (χ0v) is 13.0. The SMILES string of the molecule is CC(C)[C@H](NCCc1ccc(S(N)(=O)=O)cc1)C1CC1. The summed E-state index contributed by atoms with van der Waals surface area (Å²) in [6, 6.07) is 7.43. The van der Waals surface area contributed by atoms with E-state index in [0.717, 1.165) is 24.4 Å². The fourth-order valence-electron chi connectivity index (χ4n) is 2.63. The first-order valence-electron chi connectivity index (χ1n) is 7.23. The van der Waals surface area contributed by atoms with Crippen molar-refractivity contribution in [3.63, 3.8) is 0 Å². The third-order valence-corrected chi connectivity index (χ3v) is 4.82. The minimum atomic E-state index is -3.58. The zero-order valence-electron chi connectivity index (χ0n) is 12.2. The fourth-order valence-corrected chi connectivity index (χ4v) is 3.15. The summed E-state index contributed by atoms with van der Waals surface area (Å²) in [7, 11) is -3.58. The lowest BCUT2D eigenvalue weighted by atomic mass is 9.99. The highest BCUT2D eigenvalue weighted by atomic mass is 32.2. The number of primary sulfonamides is 1. The van der Waals surface area contributed by atoms with Gasteiger partial charge >= 0.3 is 0 Å². The molecule has 1 atom stereocenters. The summed E-state index contributed by atoms with van der Waals surface area (Å²) >= 11 is 0. The predicted octanol–water partition coefficient (Wildman–Crippen LogP) is 1.90. The summed E-state index contributed by atoms with van der Waals surface area (Å²) in [4.78, 5) is 0.173. The first-order chi connectivity index (χ1) is 9.38. The third-order valence-electron chi connectivity index (χ3n) is 3.89. The zero-order chi connectivity index (χ0) is 14.8. The number of rotatable bonds is 7. The highest BCUT2D eigenvalue weighted by Crippen LogP contribution is 2.35. The Hall–Kier alpha value is -0.910. The smallest absolute Gasteiger partial charge is 0.238 e. The Morgan fingerprint density at radius 1 is 1.25 bits per heavy atom. The molecule has 0 spiro atoms. The summed E-state index contributed by atoms with van der Waals surface area (Å²) in [6.07, 6.45) is 3.60. The number of hydrogen-bond donors (Lipinski definition) is 2. The van der Waals surface area contributed by atoms with E-state index >= 15 is 0 Å². The van der Waals surface area contributed by atoms with Crippen molar-refractivity contribution in [3.8, 4) is 0 Å². The standard InChI is InChI=1S/C15H24N2O2S/c1-11(2)15(13-5-6-13)17-10-9-12-3-7-14(8-4-12)20(16,18)19/h3-4,7-8,11,13,15,17H,5-6,9-10H2,1-2H3,(H2,16,18,19)/t15-/m0/s1.